The molecule has 1 aliphatic carbocycles. The number of nitrogens with one attached hydrogen (secondary N) is 2. The van der Waals surface area contributed by atoms with Crippen molar-refractivity contribution in [3.63, 3.8) is 0 Å². The monoisotopic (exact) mass is 304 g/mol. The van der Waals surface area contributed by atoms with Crippen molar-refractivity contribution in [2.45, 2.75) is 57.7 Å². The second-order valence-corrected chi connectivity index (χ2v) is 6.63. The Balaban J connectivity index is 1.91. The molecule has 0 heterocycles. The normalized spacial score (nSPS) is 21.2. The van der Waals surface area contributed by atoms with Gasteiger partial charge in [0.15, 0.2) is 0 Å². The molecular formula is C17H24N2O3. The standard InChI is InChI=1S/C17H24N2O3/c1-17(2,3)22-16(21)19-14-11-7-10-13(14)18-15(20)12-8-5-4-6-9-12/h4-6,8-9,13-14H,7,10-11H2,1-3H3,(H,18,20)(H,19,21). The van der Waals surface area contributed by atoms with Gasteiger partial charge in [-0.1, -0.05) is 18.2 Å². The molecule has 5 heteroatoms. The average molecular weight is 304 g/mol. The molecule has 0 spiro atoms. The van der Waals surface area contributed by atoms with Crippen LogP contribution in [0.3, 0.4) is 0 Å². The van der Waals surface area contributed by atoms with Crippen LogP contribution in [-0.2, 0) is 4.74 Å². The summed E-state index contributed by atoms with van der Waals surface area (Å²) in [5.74, 6) is -0.108. The van der Waals surface area contributed by atoms with Crippen LogP contribution in [0.1, 0.15) is 50.4 Å². The maximum atomic E-state index is 12.2. The highest BCUT2D eigenvalue weighted by atomic mass is 16.6. The van der Waals surface area contributed by atoms with E-state index < -0.39 is 11.7 Å². The van der Waals surface area contributed by atoms with Crippen LogP contribution in [0.2, 0.25) is 0 Å². The number of alkyl carbamates (subject to hydrolysis) is 1. The Kier molecular flexibility index (Phi) is 5.06. The summed E-state index contributed by atoms with van der Waals surface area (Å²) in [6, 6.07) is 8.96. The maximum Gasteiger partial charge on any atom is 0.407 e. The predicted octanol–water partition coefficient (Wildman–Crippen LogP) is 2.86. The minimum atomic E-state index is -0.522. The molecule has 1 aromatic carbocycles. The molecule has 2 N–H and O–H groups in total. The maximum absolute atomic E-state index is 12.2. The Morgan fingerprint density at radius 2 is 1.64 bits per heavy atom. The molecule has 2 rings (SSSR count). The smallest absolute Gasteiger partial charge is 0.407 e. The Morgan fingerprint density at radius 3 is 2.23 bits per heavy atom. The second kappa shape index (κ2) is 6.81. The van der Waals surface area contributed by atoms with Crippen molar-refractivity contribution < 1.29 is 14.3 Å². The van der Waals surface area contributed by atoms with E-state index >= 15 is 0 Å². The zero-order valence-electron chi connectivity index (χ0n) is 13.4. The van der Waals surface area contributed by atoms with E-state index in [0.717, 1.165) is 19.3 Å². The third kappa shape index (κ3) is 4.76. The molecule has 0 saturated heterocycles. The van der Waals surface area contributed by atoms with E-state index in [1.807, 2.05) is 39.0 Å². The van der Waals surface area contributed by atoms with E-state index in [1.54, 1.807) is 12.1 Å². The van der Waals surface area contributed by atoms with Gasteiger partial charge < -0.3 is 15.4 Å². The first-order valence-corrected chi connectivity index (χ1v) is 7.70. The molecule has 1 fully saturated rings. The number of hydrogen-bond acceptors (Lipinski definition) is 3. The minimum Gasteiger partial charge on any atom is -0.444 e. The number of rotatable bonds is 3. The van der Waals surface area contributed by atoms with Crippen molar-refractivity contribution in [3.8, 4) is 0 Å². The van der Waals surface area contributed by atoms with E-state index in [1.165, 1.54) is 0 Å². The summed E-state index contributed by atoms with van der Waals surface area (Å²) in [6.07, 6.45) is 2.25. The van der Waals surface area contributed by atoms with Crippen LogP contribution >= 0.6 is 0 Å². The molecule has 0 radical (unpaired) electrons. The number of benzene rings is 1. The third-order valence-corrected chi connectivity index (χ3v) is 3.57. The lowest BCUT2D eigenvalue weighted by atomic mass is 10.1. The summed E-state index contributed by atoms with van der Waals surface area (Å²) in [4.78, 5) is 24.1. The summed E-state index contributed by atoms with van der Waals surface area (Å²) in [5.41, 5.74) is 0.108. The minimum absolute atomic E-state index is 0.0553. The zero-order valence-corrected chi connectivity index (χ0v) is 13.4. The van der Waals surface area contributed by atoms with Crippen LogP contribution in [0.25, 0.3) is 0 Å². The molecule has 1 saturated carbocycles. The molecule has 0 aliphatic heterocycles. The fourth-order valence-electron chi connectivity index (χ4n) is 2.61. The average Bonchev–Trinajstić information content (AvgIpc) is 2.84. The molecule has 0 bridgehead atoms. The van der Waals surface area contributed by atoms with Crippen LogP contribution in [0.15, 0.2) is 30.3 Å². The van der Waals surface area contributed by atoms with Crippen LogP contribution < -0.4 is 10.6 Å². The summed E-state index contributed by atoms with van der Waals surface area (Å²) in [5, 5.41) is 5.87. The number of amides is 2. The fraction of sp³-hybridized carbons (Fsp3) is 0.529. The van der Waals surface area contributed by atoms with Crippen LogP contribution in [0.4, 0.5) is 4.79 Å². The van der Waals surface area contributed by atoms with E-state index in [-0.39, 0.29) is 18.0 Å². The van der Waals surface area contributed by atoms with Crippen LogP contribution in [-0.4, -0.2) is 29.7 Å². The highest BCUT2D eigenvalue weighted by Crippen LogP contribution is 2.20. The molecule has 120 valence electrons. The molecule has 0 aromatic heterocycles. The van der Waals surface area contributed by atoms with Gasteiger partial charge in [0.2, 0.25) is 0 Å². The third-order valence-electron chi connectivity index (χ3n) is 3.57. The molecule has 5 nitrogen and oxygen atoms in total. The highest BCUT2D eigenvalue weighted by Gasteiger charge is 2.31. The number of carbonyl (C=O) groups excluding carboxylic acids is 2. The lowest BCUT2D eigenvalue weighted by Gasteiger charge is -2.25. The Labute approximate surface area is 131 Å². The van der Waals surface area contributed by atoms with Crippen molar-refractivity contribution in [1.29, 1.82) is 0 Å². The fourth-order valence-corrected chi connectivity index (χ4v) is 2.61. The molecule has 1 aromatic rings. The lowest BCUT2D eigenvalue weighted by molar-refractivity contribution is 0.0495. The van der Waals surface area contributed by atoms with E-state index in [0.29, 0.717) is 5.56 Å². The molecule has 2 atom stereocenters. The summed E-state index contributed by atoms with van der Waals surface area (Å²) in [6.45, 7) is 5.49. The molecule has 2 unspecified atom stereocenters. The van der Waals surface area contributed by atoms with Gasteiger partial charge in [-0.25, -0.2) is 4.79 Å². The molecule has 2 amide bonds. The van der Waals surface area contributed by atoms with Gasteiger partial charge >= 0.3 is 6.09 Å². The first-order valence-electron chi connectivity index (χ1n) is 7.70. The SMILES string of the molecule is CC(C)(C)OC(=O)NC1CCCC1NC(=O)c1ccccc1. The van der Waals surface area contributed by atoms with Gasteiger partial charge in [0, 0.05) is 11.6 Å². The zero-order chi connectivity index (χ0) is 16.2. The summed E-state index contributed by atoms with van der Waals surface area (Å²) in [7, 11) is 0. The Hall–Kier alpha value is -2.04. The van der Waals surface area contributed by atoms with Crippen LogP contribution in [0.5, 0.6) is 0 Å². The van der Waals surface area contributed by atoms with Crippen molar-refractivity contribution in [2.24, 2.45) is 0 Å². The second-order valence-electron chi connectivity index (χ2n) is 6.63. The van der Waals surface area contributed by atoms with Gasteiger partial charge in [-0.2, -0.15) is 0 Å². The predicted molar refractivity (Wildman–Crippen MR) is 84.7 cm³/mol. The van der Waals surface area contributed by atoms with Crippen molar-refractivity contribution in [2.75, 3.05) is 0 Å². The topological polar surface area (TPSA) is 67.4 Å². The largest absolute Gasteiger partial charge is 0.444 e. The first kappa shape index (κ1) is 16.3. The number of hydrogen-bond donors (Lipinski definition) is 2. The van der Waals surface area contributed by atoms with Gasteiger partial charge in [0.1, 0.15) is 5.60 Å². The quantitative estimate of drug-likeness (QED) is 0.902. The summed E-state index contributed by atoms with van der Waals surface area (Å²) >= 11 is 0. The molecule has 1 aliphatic rings. The molecular weight excluding hydrogens is 280 g/mol. The number of ether oxygens (including phenoxy) is 1. The first-order chi connectivity index (χ1) is 10.3. The van der Waals surface area contributed by atoms with Gasteiger partial charge in [0.25, 0.3) is 5.91 Å². The van der Waals surface area contributed by atoms with Crippen LogP contribution in [0, 0.1) is 0 Å². The number of carbonyl (C=O) groups is 2. The lowest BCUT2D eigenvalue weighted by Crippen LogP contribution is -2.49. The van der Waals surface area contributed by atoms with Gasteiger partial charge in [-0.05, 0) is 52.2 Å². The molecule has 22 heavy (non-hydrogen) atoms. The Morgan fingerprint density at radius 1 is 1.05 bits per heavy atom. The van der Waals surface area contributed by atoms with Crippen molar-refractivity contribution in [1.82, 2.24) is 10.6 Å². The van der Waals surface area contributed by atoms with Gasteiger partial charge in [-0.3, -0.25) is 4.79 Å². The summed E-state index contributed by atoms with van der Waals surface area (Å²) < 4.78 is 5.27. The van der Waals surface area contributed by atoms with E-state index in [9.17, 15) is 9.59 Å². The highest BCUT2D eigenvalue weighted by molar-refractivity contribution is 5.94. The van der Waals surface area contributed by atoms with Crippen molar-refractivity contribution in [3.05, 3.63) is 35.9 Å². The Bertz CT molecular complexity index is 522. The van der Waals surface area contributed by atoms with Gasteiger partial charge in [-0.15, -0.1) is 0 Å². The van der Waals surface area contributed by atoms with E-state index in [4.69, 9.17) is 4.74 Å². The van der Waals surface area contributed by atoms with Crippen molar-refractivity contribution >= 4 is 12.0 Å². The van der Waals surface area contributed by atoms with Gasteiger partial charge in [0.05, 0.1) is 6.04 Å². The van der Waals surface area contributed by atoms with E-state index in [2.05, 4.69) is 10.6 Å².